The van der Waals surface area contributed by atoms with E-state index in [9.17, 15) is 14.7 Å². The molecule has 1 heterocycles. The van der Waals surface area contributed by atoms with Gasteiger partial charge in [0.05, 0.1) is 6.04 Å². The Kier molecular flexibility index (Phi) is 5.90. The van der Waals surface area contributed by atoms with Gasteiger partial charge in [0.25, 0.3) is 5.91 Å². The first-order valence-corrected chi connectivity index (χ1v) is 7.92. The second kappa shape index (κ2) is 7.06. The van der Waals surface area contributed by atoms with Crippen molar-refractivity contribution in [2.75, 3.05) is 0 Å². The van der Waals surface area contributed by atoms with Crippen LogP contribution in [0.25, 0.3) is 0 Å². The van der Waals surface area contributed by atoms with E-state index in [1.165, 1.54) is 16.2 Å². The molecule has 0 aromatic carbocycles. The molecular weight excluding hydrogens is 304 g/mol. The number of hydrogen-bond donors (Lipinski definition) is 2. The maximum absolute atomic E-state index is 11.6. The van der Waals surface area contributed by atoms with Crippen molar-refractivity contribution in [2.24, 2.45) is 11.8 Å². The van der Waals surface area contributed by atoms with E-state index in [2.05, 4.69) is 4.98 Å². The normalized spacial score (nSPS) is 13.0. The molecule has 0 saturated heterocycles. The Morgan fingerprint density at radius 1 is 1.45 bits per heavy atom. The molecule has 1 aromatic rings. The first-order chi connectivity index (χ1) is 10.1. The van der Waals surface area contributed by atoms with Gasteiger partial charge in [-0.15, -0.1) is 11.3 Å². The number of thiazole rings is 1. The molecular formula is C14H23N4O3S-. The Balaban J connectivity index is 3.24. The fraction of sp³-hybridized carbons (Fsp3) is 0.643. The second-order valence-electron chi connectivity index (χ2n) is 6.50. The third kappa shape index (κ3) is 4.41. The van der Waals surface area contributed by atoms with Crippen LogP contribution in [0, 0.1) is 5.92 Å². The highest BCUT2D eigenvalue weighted by Gasteiger charge is 2.32. The Hall–Kier alpha value is -1.67. The Labute approximate surface area is 134 Å². The maximum atomic E-state index is 11.6. The molecule has 1 aromatic heterocycles. The highest BCUT2D eigenvalue weighted by atomic mass is 32.1. The average Bonchev–Trinajstić information content (AvgIpc) is 2.83. The van der Waals surface area contributed by atoms with Crippen molar-refractivity contribution in [1.29, 1.82) is 0 Å². The van der Waals surface area contributed by atoms with Gasteiger partial charge in [0.1, 0.15) is 16.8 Å². The highest BCUT2D eigenvalue weighted by Crippen LogP contribution is 2.34. The topological polar surface area (TPSA) is 111 Å². The van der Waals surface area contributed by atoms with Crippen molar-refractivity contribution in [1.82, 2.24) is 15.3 Å². The van der Waals surface area contributed by atoms with E-state index in [0.29, 0.717) is 11.4 Å². The predicted molar refractivity (Wildman–Crippen MR) is 83.0 cm³/mol. The second-order valence-corrected chi connectivity index (χ2v) is 7.39. The summed E-state index contributed by atoms with van der Waals surface area (Å²) in [7, 11) is 0. The van der Waals surface area contributed by atoms with Gasteiger partial charge in [-0.3, -0.25) is 10.2 Å². The van der Waals surface area contributed by atoms with Crippen molar-refractivity contribution in [3.63, 3.8) is 0 Å². The smallest absolute Gasteiger partial charge is 0.284 e. The fourth-order valence-electron chi connectivity index (χ4n) is 2.25. The SMILES string of the molecule is CC(C)CC(c1nc(C(=O)NN)cs1)N(C(=O)[O-])C(C)(C)C. The molecule has 3 N–H and O–H groups in total. The number of amides is 2. The molecule has 0 saturated carbocycles. The molecule has 7 nitrogen and oxygen atoms in total. The average molecular weight is 327 g/mol. The summed E-state index contributed by atoms with van der Waals surface area (Å²) in [5, 5.41) is 13.8. The summed E-state index contributed by atoms with van der Waals surface area (Å²) >= 11 is 1.24. The van der Waals surface area contributed by atoms with Crippen LogP contribution in [0.15, 0.2) is 5.38 Å². The first-order valence-electron chi connectivity index (χ1n) is 7.04. The van der Waals surface area contributed by atoms with Crippen LogP contribution < -0.4 is 16.4 Å². The summed E-state index contributed by atoms with van der Waals surface area (Å²) in [6.07, 6.45) is -0.666. The molecule has 0 aliphatic carbocycles. The third-order valence-electron chi connectivity index (χ3n) is 3.10. The Morgan fingerprint density at radius 3 is 2.45 bits per heavy atom. The van der Waals surface area contributed by atoms with Crippen LogP contribution in [0.1, 0.15) is 62.6 Å². The summed E-state index contributed by atoms with van der Waals surface area (Å²) in [5.74, 6) is 4.85. The number of carbonyl (C=O) groups is 2. The van der Waals surface area contributed by atoms with E-state index in [1.807, 2.05) is 19.3 Å². The quantitative estimate of drug-likeness (QED) is 0.481. The van der Waals surface area contributed by atoms with E-state index >= 15 is 0 Å². The maximum Gasteiger partial charge on any atom is 0.284 e. The minimum atomic E-state index is -1.25. The van der Waals surface area contributed by atoms with Gasteiger partial charge >= 0.3 is 0 Å². The molecule has 0 fully saturated rings. The molecule has 0 aliphatic heterocycles. The van der Waals surface area contributed by atoms with Crippen molar-refractivity contribution in [3.8, 4) is 0 Å². The summed E-state index contributed by atoms with van der Waals surface area (Å²) < 4.78 is 0. The van der Waals surface area contributed by atoms with Crippen LogP contribution in [0.3, 0.4) is 0 Å². The van der Waals surface area contributed by atoms with Crippen LogP contribution in [0.4, 0.5) is 4.79 Å². The molecule has 124 valence electrons. The lowest BCUT2D eigenvalue weighted by Gasteiger charge is -2.43. The number of hydrogen-bond acceptors (Lipinski definition) is 6. The molecule has 8 heteroatoms. The van der Waals surface area contributed by atoms with Crippen LogP contribution in [-0.4, -0.2) is 27.4 Å². The van der Waals surface area contributed by atoms with Crippen LogP contribution in [0.5, 0.6) is 0 Å². The van der Waals surface area contributed by atoms with Gasteiger partial charge in [0.15, 0.2) is 0 Å². The van der Waals surface area contributed by atoms with Gasteiger partial charge in [-0.2, -0.15) is 0 Å². The predicted octanol–water partition coefficient (Wildman–Crippen LogP) is 1.28. The Morgan fingerprint density at radius 2 is 2.05 bits per heavy atom. The molecule has 22 heavy (non-hydrogen) atoms. The molecule has 1 unspecified atom stereocenters. The number of carbonyl (C=O) groups excluding carboxylic acids is 2. The number of nitrogens with two attached hydrogens (primary N) is 1. The lowest BCUT2D eigenvalue weighted by molar-refractivity contribution is -0.274. The van der Waals surface area contributed by atoms with E-state index < -0.39 is 23.6 Å². The summed E-state index contributed by atoms with van der Waals surface area (Å²) in [6, 6.07) is -0.464. The Bertz CT molecular complexity index is 536. The summed E-state index contributed by atoms with van der Waals surface area (Å²) in [4.78, 5) is 28.7. The third-order valence-corrected chi connectivity index (χ3v) is 4.04. The monoisotopic (exact) mass is 327 g/mol. The number of carboxylic acid groups (broad SMARTS) is 1. The number of nitrogen functional groups attached to an aromatic ring is 1. The van der Waals surface area contributed by atoms with Crippen molar-refractivity contribution in [2.45, 2.75) is 52.6 Å². The van der Waals surface area contributed by atoms with E-state index in [4.69, 9.17) is 5.84 Å². The summed E-state index contributed by atoms with van der Waals surface area (Å²) in [5.41, 5.74) is 1.56. The number of hydrazine groups is 1. The van der Waals surface area contributed by atoms with Crippen LogP contribution >= 0.6 is 11.3 Å². The van der Waals surface area contributed by atoms with Gasteiger partial charge in [0.2, 0.25) is 0 Å². The molecule has 0 spiro atoms. The minimum absolute atomic E-state index is 0.184. The van der Waals surface area contributed by atoms with E-state index in [-0.39, 0.29) is 11.6 Å². The highest BCUT2D eigenvalue weighted by molar-refractivity contribution is 7.09. The van der Waals surface area contributed by atoms with Crippen molar-refractivity contribution in [3.05, 3.63) is 16.1 Å². The molecule has 2 amide bonds. The van der Waals surface area contributed by atoms with Gasteiger partial charge in [-0.25, -0.2) is 10.8 Å². The molecule has 0 aliphatic rings. The number of rotatable bonds is 5. The van der Waals surface area contributed by atoms with Gasteiger partial charge in [0, 0.05) is 10.9 Å². The first kappa shape index (κ1) is 18.4. The van der Waals surface area contributed by atoms with Gasteiger partial charge in [-0.1, -0.05) is 13.8 Å². The zero-order chi connectivity index (χ0) is 17.1. The number of nitrogens with one attached hydrogen (secondary N) is 1. The summed E-state index contributed by atoms with van der Waals surface area (Å²) in [6.45, 7) is 9.42. The van der Waals surface area contributed by atoms with Gasteiger partial charge < -0.3 is 14.8 Å². The van der Waals surface area contributed by atoms with E-state index in [0.717, 1.165) is 0 Å². The molecule has 0 radical (unpaired) electrons. The number of nitrogens with zero attached hydrogens (tertiary/aromatic N) is 2. The van der Waals surface area contributed by atoms with Crippen molar-refractivity contribution >= 4 is 23.3 Å². The minimum Gasteiger partial charge on any atom is -0.530 e. The zero-order valence-electron chi connectivity index (χ0n) is 13.5. The lowest BCUT2D eigenvalue weighted by atomic mass is 9.97. The van der Waals surface area contributed by atoms with Crippen molar-refractivity contribution < 1.29 is 14.7 Å². The number of aromatic nitrogens is 1. The largest absolute Gasteiger partial charge is 0.530 e. The molecule has 1 rings (SSSR count). The standard InChI is InChI=1S/C14H24N4O3S/c1-8(2)6-10(18(13(20)21)14(3,4)5)12-16-9(7-22-12)11(19)17-15/h7-8,10H,6,15H2,1-5H3,(H,17,19)(H,20,21)/p-1. The molecule has 1 atom stereocenters. The van der Waals surface area contributed by atoms with Crippen LogP contribution in [-0.2, 0) is 0 Å². The fourth-order valence-corrected chi connectivity index (χ4v) is 3.15. The molecule has 0 bridgehead atoms. The van der Waals surface area contributed by atoms with Crippen LogP contribution in [0.2, 0.25) is 0 Å². The van der Waals surface area contributed by atoms with Gasteiger partial charge in [-0.05, 0) is 33.1 Å². The zero-order valence-corrected chi connectivity index (χ0v) is 14.4. The lowest BCUT2D eigenvalue weighted by Crippen LogP contribution is -2.53. The van der Waals surface area contributed by atoms with E-state index in [1.54, 1.807) is 26.2 Å².